The average Bonchev–Trinajstić information content (AvgIpc) is 2.67. The van der Waals surface area contributed by atoms with Crippen LogP contribution in [-0.4, -0.2) is 36.1 Å². The van der Waals surface area contributed by atoms with Gasteiger partial charge in [-0.15, -0.1) is 0 Å². The highest BCUT2D eigenvalue weighted by molar-refractivity contribution is 4.97. The van der Waals surface area contributed by atoms with Gasteiger partial charge >= 0.3 is 0 Å². The van der Waals surface area contributed by atoms with Gasteiger partial charge in [0.05, 0.1) is 0 Å². The summed E-state index contributed by atoms with van der Waals surface area (Å²) in [5.74, 6) is 0.969. The van der Waals surface area contributed by atoms with Gasteiger partial charge in [-0.05, 0) is 57.9 Å². The maximum absolute atomic E-state index is 4.07. The summed E-state index contributed by atoms with van der Waals surface area (Å²) in [6.07, 6.45) is 14.4. The van der Waals surface area contributed by atoms with E-state index in [9.17, 15) is 0 Å². The summed E-state index contributed by atoms with van der Waals surface area (Å²) in [5.41, 5.74) is 0. The molecule has 3 atom stereocenters. The van der Waals surface area contributed by atoms with E-state index in [1.54, 1.807) is 0 Å². The van der Waals surface area contributed by atoms with Crippen molar-refractivity contribution in [2.75, 3.05) is 7.05 Å². The Morgan fingerprint density at radius 1 is 1.00 bits per heavy atom. The Labute approximate surface area is 119 Å². The average molecular weight is 264 g/mol. The summed E-state index contributed by atoms with van der Waals surface area (Å²) in [4.78, 5) is 2.65. The fourth-order valence-electron chi connectivity index (χ4n) is 4.97. The lowest BCUT2D eigenvalue weighted by atomic mass is 9.82. The molecule has 3 aliphatic rings. The third-order valence-corrected chi connectivity index (χ3v) is 6.21. The minimum absolute atomic E-state index is 0.799. The second kappa shape index (κ2) is 6.13. The molecule has 2 bridgehead atoms. The minimum atomic E-state index is 0.799. The zero-order valence-electron chi connectivity index (χ0n) is 12.9. The van der Waals surface area contributed by atoms with Crippen molar-refractivity contribution < 1.29 is 0 Å². The molecule has 1 saturated carbocycles. The number of hydrogen-bond acceptors (Lipinski definition) is 2. The zero-order valence-corrected chi connectivity index (χ0v) is 12.9. The monoisotopic (exact) mass is 264 g/mol. The number of rotatable bonds is 4. The second-order valence-electron chi connectivity index (χ2n) is 7.30. The fourth-order valence-corrected chi connectivity index (χ4v) is 4.97. The molecule has 0 aromatic carbocycles. The summed E-state index contributed by atoms with van der Waals surface area (Å²) in [5, 5.41) is 4.07. The third-order valence-electron chi connectivity index (χ3n) is 6.21. The Morgan fingerprint density at radius 3 is 2.21 bits per heavy atom. The number of nitrogens with one attached hydrogen (secondary N) is 1. The van der Waals surface area contributed by atoms with E-state index in [1.165, 1.54) is 64.2 Å². The van der Waals surface area contributed by atoms with Gasteiger partial charge in [-0.1, -0.05) is 26.2 Å². The molecule has 2 saturated heterocycles. The summed E-state index contributed by atoms with van der Waals surface area (Å²) in [6.45, 7) is 2.38. The first-order valence-electron chi connectivity index (χ1n) is 8.76. The van der Waals surface area contributed by atoms with Gasteiger partial charge in [0.1, 0.15) is 0 Å². The van der Waals surface area contributed by atoms with Crippen LogP contribution in [0, 0.1) is 5.92 Å². The van der Waals surface area contributed by atoms with E-state index in [-0.39, 0.29) is 0 Å². The summed E-state index contributed by atoms with van der Waals surface area (Å²) >= 11 is 0. The molecule has 3 fully saturated rings. The first-order valence-corrected chi connectivity index (χ1v) is 8.76. The van der Waals surface area contributed by atoms with Gasteiger partial charge < -0.3 is 10.2 Å². The Morgan fingerprint density at radius 2 is 1.63 bits per heavy atom. The molecule has 1 aliphatic carbocycles. The summed E-state index contributed by atoms with van der Waals surface area (Å²) in [6, 6.07) is 3.36. The lowest BCUT2D eigenvalue weighted by Crippen LogP contribution is -2.51. The second-order valence-corrected chi connectivity index (χ2v) is 7.30. The molecule has 2 heteroatoms. The molecule has 0 aromatic rings. The fraction of sp³-hybridized carbons (Fsp3) is 1.00. The quantitative estimate of drug-likeness (QED) is 0.835. The highest BCUT2D eigenvalue weighted by atomic mass is 15.2. The molecule has 0 aromatic heterocycles. The van der Waals surface area contributed by atoms with E-state index in [0.29, 0.717) is 0 Å². The molecule has 3 rings (SSSR count). The van der Waals surface area contributed by atoms with Crippen LogP contribution in [0.3, 0.4) is 0 Å². The Hall–Kier alpha value is -0.0800. The summed E-state index contributed by atoms with van der Waals surface area (Å²) < 4.78 is 0. The van der Waals surface area contributed by atoms with Gasteiger partial charge in [-0.25, -0.2) is 0 Å². The molecule has 2 nitrogen and oxygen atoms in total. The molecule has 0 radical (unpaired) electrons. The van der Waals surface area contributed by atoms with Crippen LogP contribution >= 0.6 is 0 Å². The Kier molecular flexibility index (Phi) is 4.48. The normalized spacial score (nSPS) is 38.5. The number of hydrogen-bond donors (Lipinski definition) is 1. The molecule has 0 amide bonds. The van der Waals surface area contributed by atoms with Crippen LogP contribution < -0.4 is 5.32 Å². The molecule has 0 spiro atoms. The molecule has 1 N–H and O–H groups in total. The first-order chi connectivity index (χ1) is 9.28. The van der Waals surface area contributed by atoms with Crippen LogP contribution in [0.15, 0.2) is 0 Å². The van der Waals surface area contributed by atoms with E-state index in [0.717, 1.165) is 30.1 Å². The van der Waals surface area contributed by atoms with Crippen molar-refractivity contribution in [1.29, 1.82) is 0 Å². The van der Waals surface area contributed by atoms with E-state index in [2.05, 4.69) is 24.2 Å². The van der Waals surface area contributed by atoms with Crippen molar-refractivity contribution >= 4 is 0 Å². The predicted molar refractivity (Wildman–Crippen MR) is 81.4 cm³/mol. The molecule has 3 unspecified atom stereocenters. The van der Waals surface area contributed by atoms with Gasteiger partial charge in [0.15, 0.2) is 0 Å². The number of piperidine rings is 1. The standard InChI is InChI=1S/C17H32N2/c1-3-17(13-7-5-4-6-8-13)18-14-11-15-9-10-16(12-14)19(15)2/h13-18H,3-12H2,1-2H3. The highest BCUT2D eigenvalue weighted by Gasteiger charge is 2.39. The van der Waals surface area contributed by atoms with Gasteiger partial charge in [0.25, 0.3) is 0 Å². The third kappa shape index (κ3) is 3.00. The molecule has 19 heavy (non-hydrogen) atoms. The van der Waals surface area contributed by atoms with Crippen molar-refractivity contribution in [3.05, 3.63) is 0 Å². The Balaban J connectivity index is 1.54. The van der Waals surface area contributed by atoms with E-state index >= 15 is 0 Å². The van der Waals surface area contributed by atoms with Crippen LogP contribution in [-0.2, 0) is 0 Å². The van der Waals surface area contributed by atoms with Crippen LogP contribution in [0.5, 0.6) is 0 Å². The van der Waals surface area contributed by atoms with Crippen LogP contribution in [0.2, 0.25) is 0 Å². The van der Waals surface area contributed by atoms with Crippen LogP contribution in [0.25, 0.3) is 0 Å². The smallest absolute Gasteiger partial charge is 0.0111 e. The maximum Gasteiger partial charge on any atom is 0.0111 e. The van der Waals surface area contributed by atoms with E-state index < -0.39 is 0 Å². The molecule has 2 heterocycles. The lowest BCUT2D eigenvalue weighted by molar-refractivity contribution is 0.131. The van der Waals surface area contributed by atoms with E-state index in [4.69, 9.17) is 0 Å². The van der Waals surface area contributed by atoms with Crippen molar-refractivity contribution in [3.8, 4) is 0 Å². The van der Waals surface area contributed by atoms with Crippen molar-refractivity contribution in [3.63, 3.8) is 0 Å². The maximum atomic E-state index is 4.07. The number of fused-ring (bicyclic) bond motifs is 2. The SMILES string of the molecule is CCC(NC1CC2CCC(C1)N2C)C1CCCCC1. The van der Waals surface area contributed by atoms with Gasteiger partial charge in [0, 0.05) is 24.2 Å². The highest BCUT2D eigenvalue weighted by Crippen LogP contribution is 2.35. The predicted octanol–water partition coefficient (Wildman–Crippen LogP) is 3.56. The molecular weight excluding hydrogens is 232 g/mol. The summed E-state index contributed by atoms with van der Waals surface area (Å²) in [7, 11) is 2.34. The Bertz CT molecular complexity index is 271. The number of nitrogens with zero attached hydrogens (tertiary/aromatic N) is 1. The van der Waals surface area contributed by atoms with Crippen LogP contribution in [0.1, 0.15) is 71.1 Å². The largest absolute Gasteiger partial charge is 0.311 e. The topological polar surface area (TPSA) is 15.3 Å². The molecular formula is C17H32N2. The van der Waals surface area contributed by atoms with Gasteiger partial charge in [0.2, 0.25) is 0 Å². The van der Waals surface area contributed by atoms with Crippen molar-refractivity contribution in [2.24, 2.45) is 5.92 Å². The zero-order chi connectivity index (χ0) is 13.2. The van der Waals surface area contributed by atoms with Gasteiger partial charge in [-0.2, -0.15) is 0 Å². The lowest BCUT2D eigenvalue weighted by Gasteiger charge is -2.40. The van der Waals surface area contributed by atoms with Crippen LogP contribution in [0.4, 0.5) is 0 Å². The molecule has 110 valence electrons. The van der Waals surface area contributed by atoms with Crippen molar-refractivity contribution in [2.45, 2.75) is 95.3 Å². The van der Waals surface area contributed by atoms with Crippen molar-refractivity contribution in [1.82, 2.24) is 10.2 Å². The minimum Gasteiger partial charge on any atom is -0.311 e. The first kappa shape index (κ1) is 13.9. The van der Waals surface area contributed by atoms with Gasteiger partial charge in [-0.3, -0.25) is 0 Å². The molecule has 2 aliphatic heterocycles. The van der Waals surface area contributed by atoms with E-state index in [1.807, 2.05) is 0 Å².